The number of nitrogens with zero attached hydrogens (tertiary/aromatic N) is 6. The Morgan fingerprint density at radius 2 is 2.23 bits per heavy atom. The van der Waals surface area contributed by atoms with Crippen LogP contribution in [0.25, 0.3) is 0 Å². The standard InChI is InChI=1S/C22H28N6OS/c1-3-19-10-20-21(30-19)5-9-29-22(20)6-8-27(16(2)11-22)14-18-15-28(26-25-18)13-17-4-7-23-24-12-17/h4,7,10,12,15-16H,3,5-6,8-9,11,13-14H2,1-2H3/t16-,22+/m0/s1. The van der Waals surface area contributed by atoms with Crippen LogP contribution in [0, 0.1) is 0 Å². The molecule has 0 saturated carbocycles. The van der Waals surface area contributed by atoms with Gasteiger partial charge in [-0.1, -0.05) is 12.1 Å². The van der Waals surface area contributed by atoms with Crippen molar-refractivity contribution in [2.45, 2.75) is 64.3 Å². The molecular weight excluding hydrogens is 396 g/mol. The number of rotatable bonds is 5. The summed E-state index contributed by atoms with van der Waals surface area (Å²) in [5, 5.41) is 16.4. The Morgan fingerprint density at radius 1 is 1.30 bits per heavy atom. The minimum absolute atomic E-state index is 0.0978. The van der Waals surface area contributed by atoms with Gasteiger partial charge < -0.3 is 4.74 Å². The summed E-state index contributed by atoms with van der Waals surface area (Å²) in [6.45, 7) is 7.91. The highest BCUT2D eigenvalue weighted by molar-refractivity contribution is 7.12. The second-order valence-electron chi connectivity index (χ2n) is 8.43. The molecule has 0 N–H and O–H groups in total. The van der Waals surface area contributed by atoms with E-state index in [0.29, 0.717) is 12.6 Å². The summed E-state index contributed by atoms with van der Waals surface area (Å²) < 4.78 is 8.34. The van der Waals surface area contributed by atoms with Crippen LogP contribution >= 0.6 is 11.3 Å². The number of ether oxygens (including phenoxy) is 1. The van der Waals surface area contributed by atoms with Gasteiger partial charge in [0.2, 0.25) is 0 Å². The van der Waals surface area contributed by atoms with Crippen LogP contribution in [-0.2, 0) is 36.3 Å². The van der Waals surface area contributed by atoms with E-state index in [1.54, 1.807) is 17.3 Å². The van der Waals surface area contributed by atoms with Crippen molar-refractivity contribution < 1.29 is 4.74 Å². The second-order valence-corrected chi connectivity index (χ2v) is 9.65. The molecule has 30 heavy (non-hydrogen) atoms. The van der Waals surface area contributed by atoms with E-state index in [0.717, 1.165) is 56.6 Å². The molecule has 158 valence electrons. The number of aromatic nitrogens is 5. The highest BCUT2D eigenvalue weighted by atomic mass is 32.1. The summed E-state index contributed by atoms with van der Waals surface area (Å²) in [7, 11) is 0. The summed E-state index contributed by atoms with van der Waals surface area (Å²) in [6, 6.07) is 4.80. The van der Waals surface area contributed by atoms with E-state index in [-0.39, 0.29) is 5.60 Å². The van der Waals surface area contributed by atoms with Crippen molar-refractivity contribution >= 4 is 11.3 Å². The van der Waals surface area contributed by atoms with E-state index in [2.05, 4.69) is 45.3 Å². The zero-order chi connectivity index (χ0) is 20.6. The first-order valence-electron chi connectivity index (χ1n) is 10.8. The van der Waals surface area contributed by atoms with Gasteiger partial charge in [0, 0.05) is 41.5 Å². The predicted molar refractivity (Wildman–Crippen MR) is 115 cm³/mol. The van der Waals surface area contributed by atoms with Crippen LogP contribution in [0.2, 0.25) is 0 Å². The maximum atomic E-state index is 6.47. The molecule has 0 aliphatic carbocycles. The molecule has 7 nitrogen and oxygen atoms in total. The molecule has 0 aromatic carbocycles. The van der Waals surface area contributed by atoms with Gasteiger partial charge in [-0.15, -0.1) is 16.4 Å². The molecule has 3 aromatic rings. The third-order valence-electron chi connectivity index (χ3n) is 6.40. The van der Waals surface area contributed by atoms with Gasteiger partial charge in [-0.3, -0.25) is 4.90 Å². The Balaban J connectivity index is 1.26. The molecule has 5 rings (SSSR count). The number of fused-ring (bicyclic) bond motifs is 2. The first-order valence-corrected chi connectivity index (χ1v) is 11.6. The maximum absolute atomic E-state index is 6.47. The minimum Gasteiger partial charge on any atom is -0.370 e. The number of hydrogen-bond donors (Lipinski definition) is 0. The van der Waals surface area contributed by atoms with E-state index in [4.69, 9.17) is 4.74 Å². The molecule has 2 aliphatic heterocycles. The first-order chi connectivity index (χ1) is 14.6. The van der Waals surface area contributed by atoms with E-state index in [1.165, 1.54) is 10.4 Å². The van der Waals surface area contributed by atoms with Gasteiger partial charge >= 0.3 is 0 Å². The van der Waals surface area contributed by atoms with Crippen LogP contribution in [0.15, 0.2) is 30.7 Å². The van der Waals surface area contributed by atoms with Gasteiger partial charge in [-0.25, -0.2) is 4.68 Å². The van der Waals surface area contributed by atoms with Gasteiger partial charge in [0.25, 0.3) is 0 Å². The zero-order valence-electron chi connectivity index (χ0n) is 17.6. The number of likely N-dealkylation sites (tertiary alicyclic amines) is 1. The Labute approximate surface area is 181 Å². The van der Waals surface area contributed by atoms with E-state index < -0.39 is 0 Å². The summed E-state index contributed by atoms with van der Waals surface area (Å²) in [4.78, 5) is 5.55. The molecule has 0 radical (unpaired) electrons. The lowest BCUT2D eigenvalue weighted by Crippen LogP contribution is -2.50. The van der Waals surface area contributed by atoms with Crippen molar-refractivity contribution in [1.29, 1.82) is 0 Å². The third kappa shape index (κ3) is 3.79. The van der Waals surface area contributed by atoms with Crippen molar-refractivity contribution in [2.24, 2.45) is 0 Å². The topological polar surface area (TPSA) is 69.0 Å². The second kappa shape index (κ2) is 8.17. The summed E-state index contributed by atoms with van der Waals surface area (Å²) >= 11 is 1.99. The zero-order valence-corrected chi connectivity index (χ0v) is 18.4. The SMILES string of the molecule is CCc1cc2c(s1)CCO[C@@]21CCN(Cc2cn(Cc3ccnnc3)nn2)[C@@H](C)C1. The largest absolute Gasteiger partial charge is 0.370 e. The normalized spacial score (nSPS) is 24.3. The van der Waals surface area contributed by atoms with Crippen molar-refractivity contribution in [3.05, 3.63) is 57.3 Å². The predicted octanol–water partition coefficient (Wildman–Crippen LogP) is 3.19. The van der Waals surface area contributed by atoms with Gasteiger partial charge in [-0.05, 0) is 49.4 Å². The van der Waals surface area contributed by atoms with Crippen LogP contribution in [0.3, 0.4) is 0 Å². The first kappa shape index (κ1) is 19.8. The van der Waals surface area contributed by atoms with Gasteiger partial charge in [0.05, 0.1) is 36.8 Å². The van der Waals surface area contributed by atoms with Crippen LogP contribution < -0.4 is 0 Å². The summed E-state index contributed by atoms with van der Waals surface area (Å²) in [5.74, 6) is 0. The van der Waals surface area contributed by atoms with Crippen molar-refractivity contribution in [3.8, 4) is 0 Å². The van der Waals surface area contributed by atoms with E-state index in [9.17, 15) is 0 Å². The van der Waals surface area contributed by atoms with E-state index in [1.807, 2.05) is 28.3 Å². The molecule has 1 spiro atoms. The lowest BCUT2D eigenvalue weighted by Gasteiger charge is -2.47. The Morgan fingerprint density at radius 3 is 3.03 bits per heavy atom. The fourth-order valence-corrected chi connectivity index (χ4v) is 5.98. The molecule has 3 aromatic heterocycles. The summed E-state index contributed by atoms with van der Waals surface area (Å²) in [6.07, 6.45) is 9.77. The van der Waals surface area contributed by atoms with Crippen LogP contribution in [0.4, 0.5) is 0 Å². The van der Waals surface area contributed by atoms with Gasteiger partial charge in [-0.2, -0.15) is 10.2 Å². The van der Waals surface area contributed by atoms with Crippen LogP contribution in [0.5, 0.6) is 0 Å². The fourth-order valence-electron chi connectivity index (χ4n) is 4.81. The highest BCUT2D eigenvalue weighted by Crippen LogP contribution is 2.46. The van der Waals surface area contributed by atoms with Crippen molar-refractivity contribution in [1.82, 2.24) is 30.1 Å². The Bertz CT molecular complexity index is 1000. The lowest BCUT2D eigenvalue weighted by molar-refractivity contribution is -0.112. The third-order valence-corrected chi connectivity index (χ3v) is 7.74. The fraction of sp³-hybridized carbons (Fsp3) is 0.545. The van der Waals surface area contributed by atoms with Crippen molar-refractivity contribution in [2.75, 3.05) is 13.2 Å². The van der Waals surface area contributed by atoms with Crippen molar-refractivity contribution in [3.63, 3.8) is 0 Å². The quantitative estimate of drug-likeness (QED) is 0.627. The average molecular weight is 425 g/mol. The van der Waals surface area contributed by atoms with E-state index >= 15 is 0 Å². The van der Waals surface area contributed by atoms with Crippen LogP contribution in [-0.4, -0.2) is 49.3 Å². The maximum Gasteiger partial charge on any atom is 0.0969 e. The minimum atomic E-state index is -0.0978. The molecule has 0 amide bonds. The summed E-state index contributed by atoms with van der Waals surface area (Å²) in [5.41, 5.74) is 3.45. The molecule has 8 heteroatoms. The molecule has 1 fully saturated rings. The molecule has 1 saturated heterocycles. The highest BCUT2D eigenvalue weighted by Gasteiger charge is 2.44. The molecular formula is C22H28N6OS. The van der Waals surface area contributed by atoms with Gasteiger partial charge in [0.15, 0.2) is 0 Å². The number of hydrogen-bond acceptors (Lipinski definition) is 7. The molecule has 0 bridgehead atoms. The Kier molecular flexibility index (Phi) is 5.39. The molecule has 0 unspecified atom stereocenters. The average Bonchev–Trinajstić information content (AvgIpc) is 3.38. The van der Waals surface area contributed by atoms with Gasteiger partial charge in [0.1, 0.15) is 0 Å². The smallest absolute Gasteiger partial charge is 0.0969 e. The lowest BCUT2D eigenvalue weighted by atomic mass is 9.79. The molecule has 2 aliphatic rings. The number of aryl methyl sites for hydroxylation is 1. The number of piperidine rings is 1. The Hall–Kier alpha value is -2.16. The molecule has 5 heterocycles. The molecule has 2 atom stereocenters. The van der Waals surface area contributed by atoms with Crippen LogP contribution in [0.1, 0.15) is 53.3 Å². The monoisotopic (exact) mass is 424 g/mol. The number of thiophene rings is 1.